The third kappa shape index (κ3) is 2.87. The predicted octanol–water partition coefficient (Wildman–Crippen LogP) is 3.97. The lowest BCUT2D eigenvalue weighted by Crippen LogP contribution is -2.12. The highest BCUT2D eigenvalue weighted by atomic mass is 35.5. The van der Waals surface area contributed by atoms with E-state index in [2.05, 4.69) is 10.3 Å². The van der Waals surface area contributed by atoms with Crippen molar-refractivity contribution in [3.05, 3.63) is 53.3 Å². The van der Waals surface area contributed by atoms with Gasteiger partial charge in [-0.05, 0) is 37.3 Å². The number of amides is 1. The third-order valence-corrected chi connectivity index (χ3v) is 3.86. The van der Waals surface area contributed by atoms with E-state index in [9.17, 15) is 4.79 Å². The van der Waals surface area contributed by atoms with Crippen LogP contribution in [0.1, 0.15) is 17.3 Å². The summed E-state index contributed by atoms with van der Waals surface area (Å²) < 4.78 is 7.20. The topological polar surface area (TPSA) is 56.2 Å². The summed E-state index contributed by atoms with van der Waals surface area (Å²) in [7, 11) is 1.55. The van der Waals surface area contributed by atoms with Gasteiger partial charge in [-0.1, -0.05) is 11.6 Å². The molecule has 5 nitrogen and oxygen atoms in total. The summed E-state index contributed by atoms with van der Waals surface area (Å²) in [5.41, 5.74) is 1.89. The fourth-order valence-corrected chi connectivity index (χ4v) is 2.68. The van der Waals surface area contributed by atoms with Crippen LogP contribution in [0.5, 0.6) is 5.75 Å². The van der Waals surface area contributed by atoms with Crippen LogP contribution >= 0.6 is 11.6 Å². The first kappa shape index (κ1) is 15.4. The predicted molar refractivity (Wildman–Crippen MR) is 91.4 cm³/mol. The maximum atomic E-state index is 12.7. The van der Waals surface area contributed by atoms with Crippen molar-refractivity contribution in [2.24, 2.45) is 0 Å². The highest BCUT2D eigenvalue weighted by Crippen LogP contribution is 2.29. The quantitative estimate of drug-likeness (QED) is 0.788. The zero-order chi connectivity index (χ0) is 16.4. The van der Waals surface area contributed by atoms with Crippen LogP contribution in [-0.2, 0) is 6.54 Å². The summed E-state index contributed by atoms with van der Waals surface area (Å²) in [6.07, 6.45) is 3.53. The average molecular weight is 330 g/mol. The van der Waals surface area contributed by atoms with Crippen LogP contribution in [0.2, 0.25) is 5.02 Å². The molecule has 0 aliphatic heterocycles. The zero-order valence-corrected chi connectivity index (χ0v) is 13.6. The molecule has 2 heterocycles. The minimum absolute atomic E-state index is 0.226. The molecule has 0 aliphatic rings. The van der Waals surface area contributed by atoms with Crippen molar-refractivity contribution >= 4 is 34.2 Å². The number of carbonyl (C=O) groups is 1. The molecule has 6 heteroatoms. The summed E-state index contributed by atoms with van der Waals surface area (Å²) in [4.78, 5) is 17.0. The van der Waals surface area contributed by atoms with E-state index in [0.717, 1.165) is 17.6 Å². The first-order valence-electron chi connectivity index (χ1n) is 7.22. The van der Waals surface area contributed by atoms with Gasteiger partial charge < -0.3 is 14.6 Å². The van der Waals surface area contributed by atoms with Gasteiger partial charge in [0.15, 0.2) is 0 Å². The number of anilines is 1. The summed E-state index contributed by atoms with van der Waals surface area (Å²) in [5.74, 6) is 0.330. The molecule has 1 aromatic carbocycles. The largest absolute Gasteiger partial charge is 0.495 e. The molecule has 0 bridgehead atoms. The number of hydrogen-bond donors (Lipinski definition) is 1. The number of fused-ring (bicyclic) bond motifs is 1. The molecule has 3 rings (SSSR count). The van der Waals surface area contributed by atoms with E-state index in [4.69, 9.17) is 16.3 Å². The summed E-state index contributed by atoms with van der Waals surface area (Å²) in [6.45, 7) is 2.75. The first-order chi connectivity index (χ1) is 11.1. The highest BCUT2D eigenvalue weighted by Gasteiger charge is 2.17. The van der Waals surface area contributed by atoms with Crippen molar-refractivity contribution in [2.45, 2.75) is 13.5 Å². The van der Waals surface area contributed by atoms with Crippen molar-refractivity contribution in [1.82, 2.24) is 9.55 Å². The Morgan fingerprint density at radius 3 is 2.96 bits per heavy atom. The average Bonchev–Trinajstić information content (AvgIpc) is 2.94. The highest BCUT2D eigenvalue weighted by molar-refractivity contribution is 6.31. The second-order valence-corrected chi connectivity index (χ2v) is 5.44. The number of carbonyl (C=O) groups excluding carboxylic acids is 1. The smallest absolute Gasteiger partial charge is 0.258 e. The van der Waals surface area contributed by atoms with E-state index >= 15 is 0 Å². The van der Waals surface area contributed by atoms with Crippen molar-refractivity contribution in [3.63, 3.8) is 0 Å². The molecule has 23 heavy (non-hydrogen) atoms. The molecule has 0 aliphatic carbocycles. The Balaban J connectivity index is 2.00. The number of ether oxygens (including phenoxy) is 1. The lowest BCUT2D eigenvalue weighted by Gasteiger charge is -2.10. The molecule has 0 fully saturated rings. The molecule has 0 unspecified atom stereocenters. The van der Waals surface area contributed by atoms with E-state index in [-0.39, 0.29) is 5.91 Å². The van der Waals surface area contributed by atoms with Gasteiger partial charge in [0.1, 0.15) is 11.4 Å². The number of pyridine rings is 1. The second-order valence-electron chi connectivity index (χ2n) is 5.00. The van der Waals surface area contributed by atoms with Crippen molar-refractivity contribution in [1.29, 1.82) is 0 Å². The van der Waals surface area contributed by atoms with Crippen LogP contribution < -0.4 is 10.1 Å². The van der Waals surface area contributed by atoms with Crippen LogP contribution in [0, 0.1) is 0 Å². The standard InChI is InChI=1S/C17H16ClN3O2/c1-3-21-10-13(12-5-4-8-19-16(12)21)17(22)20-14-9-11(18)6-7-15(14)23-2/h4-10H,3H2,1-2H3,(H,20,22). The Morgan fingerprint density at radius 2 is 2.22 bits per heavy atom. The molecule has 2 aromatic heterocycles. The Labute approximate surface area is 138 Å². The normalized spacial score (nSPS) is 10.7. The van der Waals surface area contributed by atoms with Gasteiger partial charge in [0.2, 0.25) is 0 Å². The van der Waals surface area contributed by atoms with Gasteiger partial charge in [0.05, 0.1) is 18.4 Å². The van der Waals surface area contributed by atoms with E-state index in [0.29, 0.717) is 22.0 Å². The van der Waals surface area contributed by atoms with Crippen molar-refractivity contribution < 1.29 is 9.53 Å². The Kier molecular flexibility index (Phi) is 4.21. The molecular weight excluding hydrogens is 314 g/mol. The molecule has 0 saturated heterocycles. The number of aryl methyl sites for hydroxylation is 1. The number of halogens is 1. The number of nitrogens with one attached hydrogen (secondary N) is 1. The van der Waals surface area contributed by atoms with Gasteiger partial charge in [-0.15, -0.1) is 0 Å². The molecular formula is C17H16ClN3O2. The SMILES string of the molecule is CCn1cc(C(=O)Nc2cc(Cl)ccc2OC)c2cccnc21. The van der Waals surface area contributed by atoms with Gasteiger partial charge >= 0.3 is 0 Å². The minimum Gasteiger partial charge on any atom is -0.495 e. The maximum absolute atomic E-state index is 12.7. The van der Waals surface area contributed by atoms with Gasteiger partial charge in [-0.2, -0.15) is 0 Å². The van der Waals surface area contributed by atoms with Crippen LogP contribution in [0.25, 0.3) is 11.0 Å². The fraction of sp³-hybridized carbons (Fsp3) is 0.176. The molecule has 1 N–H and O–H groups in total. The zero-order valence-electron chi connectivity index (χ0n) is 12.8. The Morgan fingerprint density at radius 1 is 1.39 bits per heavy atom. The summed E-state index contributed by atoms with van der Waals surface area (Å²) in [5, 5.41) is 4.20. The third-order valence-electron chi connectivity index (χ3n) is 3.63. The summed E-state index contributed by atoms with van der Waals surface area (Å²) in [6, 6.07) is 8.80. The fourth-order valence-electron chi connectivity index (χ4n) is 2.51. The number of rotatable bonds is 4. The lowest BCUT2D eigenvalue weighted by atomic mass is 10.2. The van der Waals surface area contributed by atoms with Crippen LogP contribution in [0.15, 0.2) is 42.7 Å². The Hall–Kier alpha value is -2.53. The van der Waals surface area contributed by atoms with Gasteiger partial charge in [-0.3, -0.25) is 4.79 Å². The van der Waals surface area contributed by atoms with Crippen LogP contribution in [0.3, 0.4) is 0 Å². The van der Waals surface area contributed by atoms with Crippen molar-refractivity contribution in [3.8, 4) is 5.75 Å². The van der Waals surface area contributed by atoms with E-state index < -0.39 is 0 Å². The second kappa shape index (κ2) is 6.30. The summed E-state index contributed by atoms with van der Waals surface area (Å²) >= 11 is 6.00. The minimum atomic E-state index is -0.226. The molecule has 3 aromatic rings. The molecule has 1 amide bonds. The Bertz CT molecular complexity index is 873. The van der Waals surface area contributed by atoms with Crippen molar-refractivity contribution in [2.75, 3.05) is 12.4 Å². The van der Waals surface area contributed by atoms with Crippen LogP contribution in [-0.4, -0.2) is 22.6 Å². The lowest BCUT2D eigenvalue weighted by molar-refractivity contribution is 0.102. The first-order valence-corrected chi connectivity index (χ1v) is 7.60. The van der Waals surface area contributed by atoms with E-state index in [1.807, 2.05) is 29.8 Å². The molecule has 118 valence electrons. The molecule has 0 spiro atoms. The molecule has 0 radical (unpaired) electrons. The maximum Gasteiger partial charge on any atom is 0.258 e. The number of benzene rings is 1. The number of methoxy groups -OCH3 is 1. The number of nitrogens with zero attached hydrogens (tertiary/aromatic N) is 2. The van der Waals surface area contributed by atoms with E-state index in [1.165, 1.54) is 0 Å². The van der Waals surface area contributed by atoms with Gasteiger partial charge in [0.25, 0.3) is 5.91 Å². The molecule has 0 atom stereocenters. The molecule has 0 saturated carbocycles. The van der Waals surface area contributed by atoms with Gasteiger partial charge in [0, 0.05) is 29.3 Å². The van der Waals surface area contributed by atoms with Gasteiger partial charge in [-0.25, -0.2) is 4.98 Å². The van der Waals surface area contributed by atoms with E-state index in [1.54, 1.807) is 31.5 Å². The number of hydrogen-bond acceptors (Lipinski definition) is 3. The number of aromatic nitrogens is 2. The van der Waals surface area contributed by atoms with Crippen LogP contribution in [0.4, 0.5) is 5.69 Å². The monoisotopic (exact) mass is 329 g/mol.